The number of ether oxygens (including phenoxy) is 1. The fourth-order valence-corrected chi connectivity index (χ4v) is 4.96. The first-order valence-electron chi connectivity index (χ1n) is 11.5. The summed E-state index contributed by atoms with van der Waals surface area (Å²) in [7, 11) is 1.75. The lowest BCUT2D eigenvalue weighted by Crippen LogP contribution is -2.34. The zero-order valence-corrected chi connectivity index (χ0v) is 20.4. The van der Waals surface area contributed by atoms with Gasteiger partial charge in [0.2, 0.25) is 0 Å². The third-order valence-corrected chi connectivity index (χ3v) is 7.15. The SMILES string of the molecule is COc1cc(C)c(CN2CCC[C@H](c3ccc(Cc4ccc(Cl)cc4)cn3)C2)c(C)c1C. The average molecular weight is 449 g/mol. The van der Waals surface area contributed by atoms with E-state index in [-0.39, 0.29) is 0 Å². The molecule has 1 aromatic heterocycles. The summed E-state index contributed by atoms with van der Waals surface area (Å²) in [5.41, 5.74) is 9.08. The van der Waals surface area contributed by atoms with Crippen LogP contribution in [0.2, 0.25) is 5.02 Å². The monoisotopic (exact) mass is 448 g/mol. The zero-order valence-electron chi connectivity index (χ0n) is 19.6. The van der Waals surface area contributed by atoms with Crippen LogP contribution in [0.1, 0.15) is 57.8 Å². The van der Waals surface area contributed by atoms with Crippen LogP contribution in [0.5, 0.6) is 5.75 Å². The van der Waals surface area contributed by atoms with Gasteiger partial charge in [0.1, 0.15) is 5.75 Å². The maximum atomic E-state index is 6.00. The van der Waals surface area contributed by atoms with Gasteiger partial charge in [0.05, 0.1) is 7.11 Å². The van der Waals surface area contributed by atoms with Crippen LogP contribution in [0.3, 0.4) is 0 Å². The Bertz CT molecular complexity index is 1060. The zero-order chi connectivity index (χ0) is 22.7. The number of pyridine rings is 1. The second-order valence-corrected chi connectivity index (χ2v) is 9.53. The van der Waals surface area contributed by atoms with Crippen LogP contribution in [0.4, 0.5) is 0 Å². The van der Waals surface area contributed by atoms with Gasteiger partial charge in [-0.05, 0) is 104 Å². The van der Waals surface area contributed by atoms with E-state index < -0.39 is 0 Å². The van der Waals surface area contributed by atoms with Gasteiger partial charge in [-0.15, -0.1) is 0 Å². The molecular formula is C28H33ClN2O. The van der Waals surface area contributed by atoms with Crippen molar-refractivity contribution < 1.29 is 4.74 Å². The summed E-state index contributed by atoms with van der Waals surface area (Å²) in [6, 6.07) is 14.7. The van der Waals surface area contributed by atoms with Crippen LogP contribution in [0.25, 0.3) is 0 Å². The molecule has 0 saturated carbocycles. The van der Waals surface area contributed by atoms with Crippen molar-refractivity contribution in [3.8, 4) is 5.75 Å². The number of rotatable bonds is 6. The highest BCUT2D eigenvalue weighted by Gasteiger charge is 2.24. The van der Waals surface area contributed by atoms with Crippen LogP contribution in [0, 0.1) is 20.8 Å². The molecule has 0 aliphatic carbocycles. The Morgan fingerprint density at radius 2 is 1.78 bits per heavy atom. The number of benzene rings is 2. The van der Waals surface area contributed by atoms with Crippen molar-refractivity contribution >= 4 is 11.6 Å². The Morgan fingerprint density at radius 3 is 2.47 bits per heavy atom. The molecule has 2 aromatic carbocycles. The van der Waals surface area contributed by atoms with E-state index in [9.17, 15) is 0 Å². The van der Waals surface area contributed by atoms with Gasteiger partial charge < -0.3 is 4.74 Å². The summed E-state index contributed by atoms with van der Waals surface area (Å²) in [6.45, 7) is 9.79. The maximum Gasteiger partial charge on any atom is 0.122 e. The van der Waals surface area contributed by atoms with E-state index in [0.717, 1.165) is 36.8 Å². The number of aryl methyl sites for hydroxylation is 1. The molecule has 3 aromatic rings. The van der Waals surface area contributed by atoms with Crippen molar-refractivity contribution in [2.45, 2.75) is 52.5 Å². The molecule has 0 spiro atoms. The second-order valence-electron chi connectivity index (χ2n) is 9.09. The molecule has 0 bridgehead atoms. The predicted octanol–water partition coefficient (Wildman–Crippen LogP) is 6.64. The van der Waals surface area contributed by atoms with E-state index in [1.807, 2.05) is 18.3 Å². The Labute approximate surface area is 197 Å². The third-order valence-electron chi connectivity index (χ3n) is 6.90. The summed E-state index contributed by atoms with van der Waals surface area (Å²) in [5.74, 6) is 1.48. The van der Waals surface area contributed by atoms with E-state index in [1.54, 1.807) is 7.11 Å². The van der Waals surface area contributed by atoms with Crippen molar-refractivity contribution in [3.63, 3.8) is 0 Å². The summed E-state index contributed by atoms with van der Waals surface area (Å²) in [5, 5.41) is 0.777. The fraction of sp³-hybridized carbons (Fsp3) is 0.393. The highest BCUT2D eigenvalue weighted by atomic mass is 35.5. The van der Waals surface area contributed by atoms with Gasteiger partial charge in [-0.25, -0.2) is 0 Å². The van der Waals surface area contributed by atoms with E-state index in [2.05, 4.69) is 56.0 Å². The van der Waals surface area contributed by atoms with Gasteiger partial charge in [-0.1, -0.05) is 29.8 Å². The average Bonchev–Trinajstić information content (AvgIpc) is 2.81. The normalized spacial score (nSPS) is 16.8. The van der Waals surface area contributed by atoms with Crippen molar-refractivity contribution in [3.05, 3.63) is 92.8 Å². The minimum atomic E-state index is 0.494. The number of aromatic nitrogens is 1. The molecule has 0 radical (unpaired) electrons. The number of hydrogen-bond donors (Lipinski definition) is 0. The van der Waals surface area contributed by atoms with Crippen molar-refractivity contribution in [1.29, 1.82) is 0 Å². The second kappa shape index (κ2) is 10.1. The molecule has 168 valence electrons. The first-order chi connectivity index (χ1) is 15.4. The highest BCUT2D eigenvalue weighted by Crippen LogP contribution is 2.31. The Hall–Kier alpha value is -2.36. The number of halogens is 1. The summed E-state index contributed by atoms with van der Waals surface area (Å²) in [6.07, 6.45) is 5.35. The smallest absolute Gasteiger partial charge is 0.122 e. The Kier molecular flexibility index (Phi) is 7.17. The first-order valence-corrected chi connectivity index (χ1v) is 11.9. The van der Waals surface area contributed by atoms with Crippen LogP contribution in [0.15, 0.2) is 48.7 Å². The van der Waals surface area contributed by atoms with Gasteiger partial charge >= 0.3 is 0 Å². The van der Waals surface area contributed by atoms with E-state index in [4.69, 9.17) is 21.3 Å². The van der Waals surface area contributed by atoms with Crippen molar-refractivity contribution in [2.24, 2.45) is 0 Å². The van der Waals surface area contributed by atoms with E-state index >= 15 is 0 Å². The van der Waals surface area contributed by atoms with Crippen LogP contribution < -0.4 is 4.74 Å². The molecular weight excluding hydrogens is 416 g/mol. The molecule has 0 amide bonds. The number of methoxy groups -OCH3 is 1. The number of piperidine rings is 1. The van der Waals surface area contributed by atoms with Crippen molar-refractivity contribution in [2.75, 3.05) is 20.2 Å². The van der Waals surface area contributed by atoms with Gasteiger partial charge in [0.15, 0.2) is 0 Å². The summed E-state index contributed by atoms with van der Waals surface area (Å²) < 4.78 is 5.55. The molecule has 1 aliphatic rings. The van der Waals surface area contributed by atoms with Gasteiger partial charge in [0.25, 0.3) is 0 Å². The Balaban J connectivity index is 1.43. The molecule has 4 heteroatoms. The largest absolute Gasteiger partial charge is 0.496 e. The molecule has 0 N–H and O–H groups in total. The van der Waals surface area contributed by atoms with Gasteiger partial charge in [0, 0.05) is 35.9 Å². The van der Waals surface area contributed by atoms with Crippen molar-refractivity contribution in [1.82, 2.24) is 9.88 Å². The quantitative estimate of drug-likeness (QED) is 0.422. The van der Waals surface area contributed by atoms with E-state index in [1.165, 1.54) is 51.9 Å². The van der Waals surface area contributed by atoms with Crippen LogP contribution in [-0.2, 0) is 13.0 Å². The molecule has 0 unspecified atom stereocenters. The van der Waals surface area contributed by atoms with Crippen LogP contribution >= 0.6 is 11.6 Å². The standard InChI is InChI=1S/C28H33ClN2O/c1-19-14-28(32-4)21(3)20(2)26(19)18-31-13-5-6-24(17-31)27-12-9-23(16-30-27)15-22-7-10-25(29)11-8-22/h7-12,14,16,24H,5-6,13,15,17-18H2,1-4H3/t24-/m0/s1. The van der Waals surface area contributed by atoms with Gasteiger partial charge in [-0.3, -0.25) is 9.88 Å². The fourth-order valence-electron chi connectivity index (χ4n) is 4.84. The van der Waals surface area contributed by atoms with Gasteiger partial charge in [-0.2, -0.15) is 0 Å². The minimum Gasteiger partial charge on any atom is -0.496 e. The molecule has 1 aliphatic heterocycles. The van der Waals surface area contributed by atoms with Crippen LogP contribution in [-0.4, -0.2) is 30.1 Å². The maximum absolute atomic E-state index is 6.00. The first kappa shape index (κ1) is 22.8. The predicted molar refractivity (Wildman–Crippen MR) is 133 cm³/mol. The lowest BCUT2D eigenvalue weighted by molar-refractivity contribution is 0.197. The Morgan fingerprint density at radius 1 is 1.03 bits per heavy atom. The summed E-state index contributed by atoms with van der Waals surface area (Å²) >= 11 is 6.00. The third kappa shape index (κ3) is 5.16. The number of likely N-dealkylation sites (tertiary alicyclic amines) is 1. The highest BCUT2D eigenvalue weighted by molar-refractivity contribution is 6.30. The lowest BCUT2D eigenvalue weighted by Gasteiger charge is -2.33. The lowest BCUT2D eigenvalue weighted by atomic mass is 9.92. The molecule has 3 nitrogen and oxygen atoms in total. The minimum absolute atomic E-state index is 0.494. The number of nitrogens with zero attached hydrogens (tertiary/aromatic N) is 2. The molecule has 32 heavy (non-hydrogen) atoms. The molecule has 2 heterocycles. The van der Waals surface area contributed by atoms with E-state index in [0.29, 0.717) is 5.92 Å². The molecule has 4 rings (SSSR count). The summed E-state index contributed by atoms with van der Waals surface area (Å²) in [4.78, 5) is 7.46. The molecule has 1 fully saturated rings. The molecule has 1 saturated heterocycles. The topological polar surface area (TPSA) is 25.4 Å². The molecule has 1 atom stereocenters. The number of hydrogen-bond acceptors (Lipinski definition) is 3.